The van der Waals surface area contributed by atoms with E-state index in [0.29, 0.717) is 54.1 Å². The van der Waals surface area contributed by atoms with Gasteiger partial charge in [-0.15, -0.1) is 0 Å². The summed E-state index contributed by atoms with van der Waals surface area (Å²) in [5.41, 5.74) is 4.37. The molecule has 4 amide bonds. The van der Waals surface area contributed by atoms with Crippen molar-refractivity contribution in [2.75, 3.05) is 19.6 Å². The summed E-state index contributed by atoms with van der Waals surface area (Å²) in [6.45, 7) is 1.91. The maximum absolute atomic E-state index is 13.6. The molecular formula is C42H44ClFN6O5. The van der Waals surface area contributed by atoms with Gasteiger partial charge in [0.25, 0.3) is 11.8 Å². The maximum atomic E-state index is 13.6. The summed E-state index contributed by atoms with van der Waals surface area (Å²) < 4.78 is 22.5. The normalized spacial score (nSPS) is 17.9. The summed E-state index contributed by atoms with van der Waals surface area (Å²) in [7, 11) is 0. The Kier molecular flexibility index (Phi) is 11.8. The van der Waals surface area contributed by atoms with Gasteiger partial charge in [0.15, 0.2) is 0 Å². The molecule has 5 aromatic rings. The van der Waals surface area contributed by atoms with Crippen LogP contribution < -0.4 is 21.3 Å². The zero-order chi connectivity index (χ0) is 38.3. The number of carbonyl (C=O) groups excluding carboxylic acids is 4. The number of furan rings is 1. The van der Waals surface area contributed by atoms with Gasteiger partial charge < -0.3 is 34.8 Å². The highest BCUT2D eigenvalue weighted by Crippen LogP contribution is 2.31. The van der Waals surface area contributed by atoms with Gasteiger partial charge in [-0.3, -0.25) is 19.2 Å². The molecule has 13 heteroatoms. The number of amides is 4. The predicted molar refractivity (Wildman–Crippen MR) is 207 cm³/mol. The van der Waals surface area contributed by atoms with Crippen molar-refractivity contribution in [2.45, 2.75) is 63.6 Å². The van der Waals surface area contributed by atoms with E-state index in [9.17, 15) is 23.6 Å². The van der Waals surface area contributed by atoms with Crippen LogP contribution in [0.15, 0.2) is 95.9 Å². The molecular weight excluding hydrogens is 723 g/mol. The van der Waals surface area contributed by atoms with Gasteiger partial charge in [-0.1, -0.05) is 55.1 Å². The Hall–Kier alpha value is -5.62. The van der Waals surface area contributed by atoms with Crippen LogP contribution in [0.1, 0.15) is 83.8 Å². The van der Waals surface area contributed by atoms with Crippen LogP contribution in [-0.2, 0) is 16.1 Å². The summed E-state index contributed by atoms with van der Waals surface area (Å²) in [4.78, 5) is 49.3. The summed E-state index contributed by atoms with van der Waals surface area (Å²) in [5, 5.41) is 12.3. The molecule has 2 atom stereocenters. The fourth-order valence-electron chi connectivity index (χ4n) is 7.54. The first-order chi connectivity index (χ1) is 26.7. The van der Waals surface area contributed by atoms with Crippen LogP contribution in [0.25, 0.3) is 22.3 Å². The van der Waals surface area contributed by atoms with E-state index < -0.39 is 0 Å². The molecule has 0 spiro atoms. The van der Waals surface area contributed by atoms with Crippen LogP contribution in [0.4, 0.5) is 4.39 Å². The Morgan fingerprint density at radius 2 is 1.35 bits per heavy atom. The van der Waals surface area contributed by atoms with Gasteiger partial charge >= 0.3 is 0 Å². The van der Waals surface area contributed by atoms with E-state index in [4.69, 9.17) is 16.0 Å². The molecule has 1 aliphatic carbocycles. The SMILES string of the molecule is O=C(CC1CNC(=O)c2cc(-c3cccc(Cl)c3)cn21)NCc1ccco1.O=C(CC1CNC(=O)c2cc(-c3cccc(F)c3)cn21)NCC1CCCCC1. The van der Waals surface area contributed by atoms with Crippen molar-refractivity contribution in [3.05, 3.63) is 119 Å². The Bertz CT molecular complexity index is 2150. The smallest absolute Gasteiger partial charge is 0.268 e. The molecule has 0 saturated heterocycles. The van der Waals surface area contributed by atoms with Crippen molar-refractivity contribution in [3.63, 3.8) is 0 Å². The largest absolute Gasteiger partial charge is 0.467 e. The summed E-state index contributed by atoms with van der Waals surface area (Å²) in [5.74, 6) is 0.577. The van der Waals surface area contributed by atoms with Gasteiger partial charge in [0.2, 0.25) is 11.8 Å². The van der Waals surface area contributed by atoms with Crippen LogP contribution in [0, 0.1) is 11.7 Å². The topological polar surface area (TPSA) is 139 Å². The van der Waals surface area contributed by atoms with E-state index in [1.165, 1.54) is 44.2 Å². The Labute approximate surface area is 323 Å². The van der Waals surface area contributed by atoms with E-state index in [2.05, 4.69) is 21.3 Å². The summed E-state index contributed by atoms with van der Waals surface area (Å²) in [6, 6.07) is 20.7. The van der Waals surface area contributed by atoms with E-state index in [1.54, 1.807) is 30.5 Å². The van der Waals surface area contributed by atoms with Crippen molar-refractivity contribution in [1.29, 1.82) is 0 Å². The molecule has 0 bridgehead atoms. The highest BCUT2D eigenvalue weighted by Gasteiger charge is 2.29. The first-order valence-electron chi connectivity index (χ1n) is 18.8. The second-order valence-electron chi connectivity index (χ2n) is 14.4. The van der Waals surface area contributed by atoms with Gasteiger partial charge in [-0.05, 0) is 78.4 Å². The molecule has 55 heavy (non-hydrogen) atoms. The number of rotatable bonds is 10. The summed E-state index contributed by atoms with van der Waals surface area (Å²) in [6.07, 6.45) is 12.1. The lowest BCUT2D eigenvalue weighted by Gasteiger charge is -2.27. The van der Waals surface area contributed by atoms with E-state index >= 15 is 0 Å². The number of hydrogen-bond donors (Lipinski definition) is 4. The molecule has 8 rings (SSSR count). The molecule has 1 fully saturated rings. The molecule has 4 N–H and O–H groups in total. The minimum atomic E-state index is -0.315. The fraction of sp³-hybridized carbons (Fsp3) is 0.333. The third-order valence-electron chi connectivity index (χ3n) is 10.5. The average Bonchev–Trinajstić information content (AvgIpc) is 3.98. The highest BCUT2D eigenvalue weighted by molar-refractivity contribution is 6.30. The summed E-state index contributed by atoms with van der Waals surface area (Å²) >= 11 is 6.08. The molecule has 0 radical (unpaired) electrons. The Balaban J connectivity index is 0.000000169. The Morgan fingerprint density at radius 1 is 0.745 bits per heavy atom. The molecule has 2 aromatic carbocycles. The molecule has 2 unspecified atom stereocenters. The number of nitrogens with one attached hydrogen (secondary N) is 4. The van der Waals surface area contributed by atoms with Crippen molar-refractivity contribution < 1.29 is 28.0 Å². The fourth-order valence-corrected chi connectivity index (χ4v) is 7.73. The lowest BCUT2D eigenvalue weighted by Crippen LogP contribution is -2.41. The number of benzene rings is 2. The first-order valence-corrected chi connectivity index (χ1v) is 19.2. The molecule has 2 aliphatic heterocycles. The van der Waals surface area contributed by atoms with Crippen LogP contribution >= 0.6 is 11.6 Å². The number of carbonyl (C=O) groups is 4. The van der Waals surface area contributed by atoms with Crippen molar-refractivity contribution >= 4 is 35.2 Å². The third kappa shape index (κ3) is 9.37. The van der Waals surface area contributed by atoms with Crippen LogP contribution in [0.5, 0.6) is 0 Å². The number of nitrogens with zero attached hydrogens (tertiary/aromatic N) is 2. The molecule has 3 aliphatic rings. The quantitative estimate of drug-likeness (QED) is 0.121. The van der Waals surface area contributed by atoms with Gasteiger partial charge in [0, 0.05) is 61.0 Å². The molecule has 1 saturated carbocycles. The van der Waals surface area contributed by atoms with Gasteiger partial charge in [-0.2, -0.15) is 0 Å². The standard InChI is InChI=1S/C22H26FN3O2.C20H18ClN3O3/c23-18-8-4-7-16(9-18)17-10-20-22(28)25-13-19(26(20)14-17)11-21(27)24-12-15-5-2-1-3-6-15;21-15-4-1-3-13(7-15)14-8-18-20(26)23-10-16(24(18)12-14)9-19(25)22-11-17-5-2-6-27-17/h4,7-10,14-15,19H,1-3,5-6,11-13H2,(H,24,27)(H,25,28);1-8,12,16H,9-11H2,(H,22,25)(H,23,26). The van der Waals surface area contributed by atoms with Gasteiger partial charge in [-0.25, -0.2) is 4.39 Å². The van der Waals surface area contributed by atoms with Crippen LogP contribution in [0.2, 0.25) is 5.02 Å². The lowest BCUT2D eigenvalue weighted by atomic mass is 9.89. The minimum absolute atomic E-state index is 0.0127. The van der Waals surface area contributed by atoms with Crippen molar-refractivity contribution in [3.8, 4) is 22.3 Å². The Morgan fingerprint density at radius 3 is 1.93 bits per heavy atom. The average molecular weight is 767 g/mol. The zero-order valence-electron chi connectivity index (χ0n) is 30.4. The number of hydrogen-bond acceptors (Lipinski definition) is 5. The highest BCUT2D eigenvalue weighted by atomic mass is 35.5. The van der Waals surface area contributed by atoms with Crippen molar-refractivity contribution in [1.82, 2.24) is 30.4 Å². The second kappa shape index (κ2) is 17.2. The van der Waals surface area contributed by atoms with E-state index in [0.717, 1.165) is 28.8 Å². The number of aromatic nitrogens is 2. The minimum Gasteiger partial charge on any atom is -0.467 e. The number of fused-ring (bicyclic) bond motifs is 2. The predicted octanol–water partition coefficient (Wildman–Crippen LogP) is 7.06. The monoisotopic (exact) mass is 766 g/mol. The van der Waals surface area contributed by atoms with E-state index in [1.807, 2.05) is 57.9 Å². The maximum Gasteiger partial charge on any atom is 0.268 e. The van der Waals surface area contributed by atoms with Gasteiger partial charge in [0.1, 0.15) is 23.0 Å². The lowest BCUT2D eigenvalue weighted by molar-refractivity contribution is -0.123. The van der Waals surface area contributed by atoms with Crippen molar-refractivity contribution in [2.24, 2.45) is 5.92 Å². The molecule has 5 heterocycles. The molecule has 286 valence electrons. The van der Waals surface area contributed by atoms with Crippen LogP contribution in [0.3, 0.4) is 0 Å². The van der Waals surface area contributed by atoms with Gasteiger partial charge in [0.05, 0.1) is 24.9 Å². The first kappa shape index (κ1) is 37.7. The third-order valence-corrected chi connectivity index (χ3v) is 10.7. The zero-order valence-corrected chi connectivity index (χ0v) is 31.1. The molecule has 3 aromatic heterocycles. The molecule has 11 nitrogen and oxygen atoms in total. The van der Waals surface area contributed by atoms with E-state index in [-0.39, 0.29) is 48.0 Å². The van der Waals surface area contributed by atoms with Crippen LogP contribution in [-0.4, -0.2) is 52.4 Å². The number of halogens is 2. The second-order valence-corrected chi connectivity index (χ2v) is 14.8.